The molecule has 0 spiro atoms. The predicted octanol–water partition coefficient (Wildman–Crippen LogP) is 2.54. The smallest absolute Gasteiger partial charge is 0.270 e. The van der Waals surface area contributed by atoms with Gasteiger partial charge in [-0.05, 0) is 41.3 Å². The van der Waals surface area contributed by atoms with Crippen molar-refractivity contribution < 1.29 is 9.90 Å². The Morgan fingerprint density at radius 3 is 3.05 bits per heavy atom. The summed E-state index contributed by atoms with van der Waals surface area (Å²) >= 11 is 3.35. The number of hydrogen-bond acceptors (Lipinski definition) is 2. The summed E-state index contributed by atoms with van der Waals surface area (Å²) in [5, 5.41) is 10.6. The highest BCUT2D eigenvalue weighted by atomic mass is 79.9. The second-order valence-corrected chi connectivity index (χ2v) is 6.69. The number of H-pyrrole nitrogens is 1. The van der Waals surface area contributed by atoms with Crippen molar-refractivity contribution >= 4 is 21.8 Å². The number of carbonyl (C=O) groups is 1. The van der Waals surface area contributed by atoms with E-state index in [-0.39, 0.29) is 11.8 Å². The number of aliphatic hydroxyl groups is 1. The van der Waals surface area contributed by atoms with Crippen LogP contribution in [0.5, 0.6) is 0 Å². The molecule has 1 aromatic rings. The van der Waals surface area contributed by atoms with Gasteiger partial charge < -0.3 is 15.0 Å². The number of aromatic amines is 1. The van der Waals surface area contributed by atoms with Gasteiger partial charge >= 0.3 is 0 Å². The second-order valence-electron chi connectivity index (χ2n) is 5.78. The number of amides is 1. The highest BCUT2D eigenvalue weighted by molar-refractivity contribution is 9.10. The molecule has 3 rings (SSSR count). The largest absolute Gasteiger partial charge is 0.389 e. The molecule has 2 unspecified atom stereocenters. The van der Waals surface area contributed by atoms with Crippen molar-refractivity contribution in [3.05, 3.63) is 22.4 Å². The number of carbonyl (C=O) groups excluding carboxylic acids is 1. The van der Waals surface area contributed by atoms with E-state index >= 15 is 0 Å². The van der Waals surface area contributed by atoms with E-state index in [1.165, 1.54) is 6.42 Å². The van der Waals surface area contributed by atoms with Crippen molar-refractivity contribution in [3.8, 4) is 0 Å². The number of halogens is 1. The van der Waals surface area contributed by atoms with Crippen LogP contribution >= 0.6 is 15.9 Å². The van der Waals surface area contributed by atoms with Crippen LogP contribution in [0.2, 0.25) is 0 Å². The van der Waals surface area contributed by atoms with Gasteiger partial charge in [-0.25, -0.2) is 0 Å². The third-order valence-electron chi connectivity index (χ3n) is 4.59. The summed E-state index contributed by atoms with van der Waals surface area (Å²) in [7, 11) is 0. The van der Waals surface area contributed by atoms with Crippen LogP contribution in [-0.4, -0.2) is 39.6 Å². The Morgan fingerprint density at radius 2 is 2.32 bits per heavy atom. The van der Waals surface area contributed by atoms with Crippen LogP contribution in [0.1, 0.15) is 42.6 Å². The molecule has 1 saturated heterocycles. The summed E-state index contributed by atoms with van der Waals surface area (Å²) in [4.78, 5) is 17.2. The summed E-state index contributed by atoms with van der Waals surface area (Å²) in [6, 6.07) is 1.81. The molecule has 1 aliphatic heterocycles. The zero-order valence-electron chi connectivity index (χ0n) is 10.9. The number of fused-ring (bicyclic) bond motifs is 1. The first-order chi connectivity index (χ1) is 9.08. The quantitative estimate of drug-likeness (QED) is 0.833. The molecule has 1 saturated carbocycles. The maximum absolute atomic E-state index is 12.4. The molecule has 104 valence electrons. The van der Waals surface area contributed by atoms with Gasteiger partial charge in [0, 0.05) is 29.7 Å². The number of hydrogen-bond donors (Lipinski definition) is 2. The van der Waals surface area contributed by atoms with E-state index in [4.69, 9.17) is 0 Å². The molecular formula is C14H19BrN2O2. The van der Waals surface area contributed by atoms with Gasteiger partial charge in [0.25, 0.3) is 5.91 Å². The number of nitrogens with zero attached hydrogens (tertiary/aromatic N) is 1. The summed E-state index contributed by atoms with van der Waals surface area (Å²) < 4.78 is 0.891. The predicted molar refractivity (Wildman–Crippen MR) is 75.9 cm³/mol. The lowest BCUT2D eigenvalue weighted by atomic mass is 9.71. The average Bonchev–Trinajstić information content (AvgIpc) is 2.83. The van der Waals surface area contributed by atoms with Crippen LogP contribution in [0.4, 0.5) is 0 Å². The molecule has 2 aliphatic rings. The second kappa shape index (κ2) is 4.94. The molecule has 19 heavy (non-hydrogen) atoms. The highest BCUT2D eigenvalue weighted by Crippen LogP contribution is 2.40. The Bertz CT molecular complexity index is 488. The van der Waals surface area contributed by atoms with Crippen LogP contribution < -0.4 is 0 Å². The molecule has 1 aromatic heterocycles. The number of aromatic nitrogens is 1. The Morgan fingerprint density at radius 1 is 1.47 bits per heavy atom. The maximum atomic E-state index is 12.4. The topological polar surface area (TPSA) is 56.3 Å². The lowest BCUT2D eigenvalue weighted by molar-refractivity contribution is -0.0886. The number of rotatable bonds is 1. The van der Waals surface area contributed by atoms with Crippen molar-refractivity contribution in [2.75, 3.05) is 13.1 Å². The lowest BCUT2D eigenvalue weighted by Crippen LogP contribution is -2.54. The Hall–Kier alpha value is -0.810. The minimum absolute atomic E-state index is 0.0401. The van der Waals surface area contributed by atoms with E-state index in [1.54, 1.807) is 6.20 Å². The third-order valence-corrected chi connectivity index (χ3v) is 5.05. The van der Waals surface area contributed by atoms with Crippen LogP contribution in [0, 0.1) is 5.92 Å². The zero-order valence-corrected chi connectivity index (χ0v) is 12.4. The first kappa shape index (κ1) is 13.2. The van der Waals surface area contributed by atoms with Crippen molar-refractivity contribution in [1.82, 2.24) is 9.88 Å². The molecule has 2 heterocycles. The molecule has 4 nitrogen and oxygen atoms in total. The summed E-state index contributed by atoms with van der Waals surface area (Å²) in [5.74, 6) is 0.288. The van der Waals surface area contributed by atoms with E-state index in [9.17, 15) is 9.90 Å². The molecule has 2 atom stereocenters. The van der Waals surface area contributed by atoms with Crippen LogP contribution in [0.15, 0.2) is 16.7 Å². The summed E-state index contributed by atoms with van der Waals surface area (Å²) in [6.45, 7) is 1.34. The molecule has 0 bridgehead atoms. The molecule has 2 fully saturated rings. The van der Waals surface area contributed by atoms with Gasteiger partial charge in [-0.2, -0.15) is 0 Å². The molecule has 1 aliphatic carbocycles. The Labute approximate surface area is 121 Å². The zero-order chi connectivity index (χ0) is 13.5. The molecule has 2 N–H and O–H groups in total. The van der Waals surface area contributed by atoms with Gasteiger partial charge in [0.15, 0.2) is 0 Å². The maximum Gasteiger partial charge on any atom is 0.270 e. The van der Waals surface area contributed by atoms with Crippen LogP contribution in [-0.2, 0) is 0 Å². The summed E-state index contributed by atoms with van der Waals surface area (Å²) in [5.41, 5.74) is 0.0962. The van der Waals surface area contributed by atoms with Crippen molar-refractivity contribution in [1.29, 1.82) is 0 Å². The molecule has 0 aromatic carbocycles. The molecular weight excluding hydrogens is 308 g/mol. The van der Waals surface area contributed by atoms with Gasteiger partial charge in [-0.1, -0.05) is 12.8 Å². The molecule has 1 amide bonds. The fraction of sp³-hybridized carbons (Fsp3) is 0.643. The Kier molecular flexibility index (Phi) is 3.43. The van der Waals surface area contributed by atoms with E-state index in [0.717, 1.165) is 23.7 Å². The third kappa shape index (κ3) is 2.46. The minimum atomic E-state index is -0.522. The van der Waals surface area contributed by atoms with Gasteiger partial charge in [0.2, 0.25) is 0 Å². The molecule has 5 heteroatoms. The standard InChI is InChI=1S/C14H19BrN2O2/c15-11-7-12(16-8-11)13(18)17-6-5-14(19)4-2-1-3-10(14)9-17/h7-8,10,16,19H,1-6,9H2. The van der Waals surface area contributed by atoms with Crippen molar-refractivity contribution in [2.24, 2.45) is 5.92 Å². The average molecular weight is 327 g/mol. The highest BCUT2D eigenvalue weighted by Gasteiger charge is 2.43. The van der Waals surface area contributed by atoms with E-state index < -0.39 is 5.60 Å². The molecule has 0 radical (unpaired) electrons. The van der Waals surface area contributed by atoms with Gasteiger partial charge in [-0.15, -0.1) is 0 Å². The van der Waals surface area contributed by atoms with E-state index in [1.807, 2.05) is 11.0 Å². The first-order valence-electron chi connectivity index (χ1n) is 6.94. The minimum Gasteiger partial charge on any atom is -0.389 e. The van der Waals surface area contributed by atoms with Gasteiger partial charge in [0.1, 0.15) is 5.69 Å². The van der Waals surface area contributed by atoms with Crippen molar-refractivity contribution in [3.63, 3.8) is 0 Å². The normalized spacial score (nSPS) is 31.1. The fourth-order valence-electron chi connectivity index (χ4n) is 3.42. The fourth-order valence-corrected chi connectivity index (χ4v) is 3.76. The Balaban J connectivity index is 1.72. The lowest BCUT2D eigenvalue weighted by Gasteiger charge is -2.47. The van der Waals surface area contributed by atoms with E-state index in [2.05, 4.69) is 20.9 Å². The van der Waals surface area contributed by atoms with Crippen LogP contribution in [0.3, 0.4) is 0 Å². The SMILES string of the molecule is O=C(c1cc(Br)c[nH]1)N1CCC2(O)CCCCC2C1. The van der Waals surface area contributed by atoms with E-state index in [0.29, 0.717) is 25.2 Å². The van der Waals surface area contributed by atoms with Gasteiger partial charge in [-0.3, -0.25) is 4.79 Å². The first-order valence-corrected chi connectivity index (χ1v) is 7.73. The monoisotopic (exact) mass is 326 g/mol. The number of nitrogens with one attached hydrogen (secondary N) is 1. The number of piperidine rings is 1. The summed E-state index contributed by atoms with van der Waals surface area (Å²) in [6.07, 6.45) is 6.70. The van der Waals surface area contributed by atoms with Crippen molar-refractivity contribution in [2.45, 2.75) is 37.7 Å². The van der Waals surface area contributed by atoms with Gasteiger partial charge in [0.05, 0.1) is 5.60 Å². The van der Waals surface area contributed by atoms with Crippen LogP contribution in [0.25, 0.3) is 0 Å². The number of likely N-dealkylation sites (tertiary alicyclic amines) is 1.